The fourth-order valence-electron chi connectivity index (χ4n) is 3.11. The molecule has 0 saturated carbocycles. The lowest BCUT2D eigenvalue weighted by Crippen LogP contribution is -2.27. The van der Waals surface area contributed by atoms with Crippen LogP contribution in [-0.2, 0) is 6.42 Å². The van der Waals surface area contributed by atoms with Crippen LogP contribution in [0.3, 0.4) is 0 Å². The fourth-order valence-corrected chi connectivity index (χ4v) is 3.48. The highest BCUT2D eigenvalue weighted by Crippen LogP contribution is 2.36. The number of hydrogen-bond acceptors (Lipinski definition) is 3. The highest BCUT2D eigenvalue weighted by molar-refractivity contribution is 9.10. The Balaban J connectivity index is 1.76. The number of aryl methyl sites for hydroxylation is 1. The summed E-state index contributed by atoms with van der Waals surface area (Å²) in [6, 6.07) is 7.80. The van der Waals surface area contributed by atoms with Gasteiger partial charge in [0, 0.05) is 19.7 Å². The lowest BCUT2D eigenvalue weighted by Gasteiger charge is -2.20. The molecule has 0 saturated heterocycles. The van der Waals surface area contributed by atoms with Gasteiger partial charge in [-0.05, 0) is 46.1 Å². The molecular weight excluding hydrogens is 370 g/mol. The van der Waals surface area contributed by atoms with Crippen molar-refractivity contribution in [3.8, 4) is 5.75 Å². The summed E-state index contributed by atoms with van der Waals surface area (Å²) in [6.07, 6.45) is 4.43. The second kappa shape index (κ2) is 5.63. The summed E-state index contributed by atoms with van der Waals surface area (Å²) >= 11 is 3.46. The quantitative estimate of drug-likeness (QED) is 0.676. The van der Waals surface area contributed by atoms with Crippen molar-refractivity contribution < 1.29 is 9.53 Å². The molecule has 0 aliphatic carbocycles. The number of imidazole rings is 1. The van der Waals surface area contributed by atoms with Crippen LogP contribution in [0.2, 0.25) is 0 Å². The molecule has 122 valence electrons. The van der Waals surface area contributed by atoms with Gasteiger partial charge in [-0.1, -0.05) is 12.1 Å². The molecule has 1 aromatic carbocycles. The zero-order valence-corrected chi connectivity index (χ0v) is 15.0. The minimum absolute atomic E-state index is 0.0792. The third-order valence-electron chi connectivity index (χ3n) is 4.35. The van der Waals surface area contributed by atoms with Crippen molar-refractivity contribution in [2.45, 2.75) is 13.3 Å². The molecule has 6 heteroatoms. The Labute approximate surface area is 148 Å². The van der Waals surface area contributed by atoms with Crippen LogP contribution in [0.5, 0.6) is 5.75 Å². The third-order valence-corrected chi connectivity index (χ3v) is 4.94. The zero-order chi connectivity index (χ0) is 16.8. The van der Waals surface area contributed by atoms with Crippen molar-refractivity contribution in [2.24, 2.45) is 0 Å². The average Bonchev–Trinajstić information content (AvgIpc) is 3.20. The number of nitrogens with zero attached hydrogens (tertiary/aromatic N) is 3. The molecule has 0 unspecified atom stereocenters. The number of carbonyl (C=O) groups excluding carboxylic acids is 1. The Kier molecular flexibility index (Phi) is 3.57. The number of carbonyl (C=O) groups is 1. The van der Waals surface area contributed by atoms with E-state index in [0.29, 0.717) is 12.2 Å². The van der Waals surface area contributed by atoms with Crippen molar-refractivity contribution in [2.75, 3.05) is 18.6 Å². The van der Waals surface area contributed by atoms with E-state index in [-0.39, 0.29) is 5.91 Å². The topological polar surface area (TPSA) is 46.8 Å². The van der Waals surface area contributed by atoms with Gasteiger partial charge in [-0.15, -0.1) is 0 Å². The first-order chi connectivity index (χ1) is 11.6. The van der Waals surface area contributed by atoms with E-state index in [2.05, 4.69) is 20.9 Å². The summed E-state index contributed by atoms with van der Waals surface area (Å²) in [6.45, 7) is 2.62. The van der Waals surface area contributed by atoms with E-state index in [9.17, 15) is 4.79 Å². The SMILES string of the molecule is Cc1cc(C(=O)N(C)c2cccc3c2OCC3)cn2c(Br)cnc12. The van der Waals surface area contributed by atoms with E-state index in [1.54, 1.807) is 18.1 Å². The zero-order valence-electron chi connectivity index (χ0n) is 13.4. The van der Waals surface area contributed by atoms with Gasteiger partial charge in [0.15, 0.2) is 0 Å². The van der Waals surface area contributed by atoms with Crippen LogP contribution in [-0.4, -0.2) is 28.9 Å². The van der Waals surface area contributed by atoms with Gasteiger partial charge in [0.1, 0.15) is 16.0 Å². The van der Waals surface area contributed by atoms with E-state index < -0.39 is 0 Å². The Morgan fingerprint density at radius 2 is 2.25 bits per heavy atom. The second-order valence-electron chi connectivity index (χ2n) is 5.91. The Hall–Kier alpha value is -2.34. The van der Waals surface area contributed by atoms with Gasteiger partial charge in [0.05, 0.1) is 24.1 Å². The maximum atomic E-state index is 13.0. The lowest BCUT2D eigenvalue weighted by molar-refractivity contribution is 0.0992. The summed E-state index contributed by atoms with van der Waals surface area (Å²) in [5, 5.41) is 0. The highest BCUT2D eigenvalue weighted by atomic mass is 79.9. The smallest absolute Gasteiger partial charge is 0.259 e. The summed E-state index contributed by atoms with van der Waals surface area (Å²) in [5.74, 6) is 0.736. The molecule has 1 aliphatic rings. The van der Waals surface area contributed by atoms with Crippen molar-refractivity contribution >= 4 is 33.2 Å². The van der Waals surface area contributed by atoms with Gasteiger partial charge in [0.2, 0.25) is 0 Å². The molecular formula is C18H16BrN3O2. The normalized spacial score (nSPS) is 13.0. The molecule has 0 radical (unpaired) electrons. The summed E-state index contributed by atoms with van der Waals surface area (Å²) in [4.78, 5) is 19.0. The number of aromatic nitrogens is 2. The minimum Gasteiger partial charge on any atom is -0.491 e. The molecule has 5 nitrogen and oxygen atoms in total. The number of rotatable bonds is 2. The Morgan fingerprint density at radius 1 is 1.42 bits per heavy atom. The first-order valence-corrected chi connectivity index (χ1v) is 8.51. The molecule has 3 aromatic rings. The number of ether oxygens (including phenoxy) is 1. The molecule has 0 atom stereocenters. The second-order valence-corrected chi connectivity index (χ2v) is 6.73. The van der Waals surface area contributed by atoms with Gasteiger partial charge in [-0.3, -0.25) is 9.20 Å². The van der Waals surface area contributed by atoms with Crippen LogP contribution in [0.25, 0.3) is 5.65 Å². The van der Waals surface area contributed by atoms with Crippen LogP contribution < -0.4 is 9.64 Å². The highest BCUT2D eigenvalue weighted by Gasteiger charge is 2.23. The first kappa shape index (κ1) is 15.2. The summed E-state index contributed by atoms with van der Waals surface area (Å²) < 4.78 is 8.42. The predicted molar refractivity (Wildman–Crippen MR) is 96.0 cm³/mol. The number of para-hydroxylation sites is 1. The van der Waals surface area contributed by atoms with E-state index in [0.717, 1.165) is 39.2 Å². The average molecular weight is 386 g/mol. The van der Waals surface area contributed by atoms with Gasteiger partial charge in [-0.2, -0.15) is 0 Å². The molecule has 24 heavy (non-hydrogen) atoms. The number of amides is 1. The molecule has 0 spiro atoms. The van der Waals surface area contributed by atoms with E-state index in [1.807, 2.05) is 41.8 Å². The lowest BCUT2D eigenvalue weighted by atomic mass is 10.1. The molecule has 1 aliphatic heterocycles. The minimum atomic E-state index is -0.0792. The van der Waals surface area contributed by atoms with Crippen molar-refractivity contribution in [1.29, 1.82) is 0 Å². The van der Waals surface area contributed by atoms with Gasteiger partial charge in [-0.25, -0.2) is 4.98 Å². The Bertz CT molecular complexity index is 964. The first-order valence-electron chi connectivity index (χ1n) is 7.72. The van der Waals surface area contributed by atoms with Crippen LogP contribution in [0.4, 0.5) is 5.69 Å². The number of halogens is 1. The number of fused-ring (bicyclic) bond motifs is 2. The van der Waals surface area contributed by atoms with Crippen LogP contribution >= 0.6 is 15.9 Å². The summed E-state index contributed by atoms with van der Waals surface area (Å²) in [7, 11) is 1.78. The van der Waals surface area contributed by atoms with Crippen LogP contribution in [0.1, 0.15) is 21.5 Å². The van der Waals surface area contributed by atoms with E-state index in [4.69, 9.17) is 4.74 Å². The molecule has 2 aromatic heterocycles. The number of benzene rings is 1. The van der Waals surface area contributed by atoms with Gasteiger partial charge < -0.3 is 9.64 Å². The number of anilines is 1. The van der Waals surface area contributed by atoms with Gasteiger partial charge >= 0.3 is 0 Å². The number of pyridine rings is 1. The van der Waals surface area contributed by atoms with Crippen LogP contribution in [0.15, 0.2) is 41.3 Å². The third kappa shape index (κ3) is 2.29. The monoisotopic (exact) mass is 385 g/mol. The molecule has 0 N–H and O–H groups in total. The predicted octanol–water partition coefficient (Wildman–Crippen LogP) is 3.62. The molecule has 1 amide bonds. The number of hydrogen-bond donors (Lipinski definition) is 0. The molecule has 0 fully saturated rings. The van der Waals surface area contributed by atoms with Crippen LogP contribution in [0, 0.1) is 6.92 Å². The fraction of sp³-hybridized carbons (Fsp3) is 0.222. The van der Waals surface area contributed by atoms with Crippen molar-refractivity contribution in [3.05, 3.63) is 58.0 Å². The molecule has 4 rings (SSSR count). The van der Waals surface area contributed by atoms with Crippen molar-refractivity contribution in [1.82, 2.24) is 9.38 Å². The molecule has 0 bridgehead atoms. The van der Waals surface area contributed by atoms with E-state index >= 15 is 0 Å². The Morgan fingerprint density at radius 3 is 3.08 bits per heavy atom. The standard InChI is InChI=1S/C18H16BrN3O2/c1-11-8-13(10-22-15(19)9-20-17(11)22)18(23)21(2)14-5-3-4-12-6-7-24-16(12)14/h3-5,8-10H,6-7H2,1-2H3. The maximum absolute atomic E-state index is 13.0. The summed E-state index contributed by atoms with van der Waals surface area (Å²) in [5.41, 5.74) is 4.35. The van der Waals surface area contributed by atoms with E-state index in [1.165, 1.54) is 0 Å². The van der Waals surface area contributed by atoms with Crippen molar-refractivity contribution in [3.63, 3.8) is 0 Å². The maximum Gasteiger partial charge on any atom is 0.259 e. The van der Waals surface area contributed by atoms with Gasteiger partial charge in [0.25, 0.3) is 5.91 Å². The molecule has 3 heterocycles. The largest absolute Gasteiger partial charge is 0.491 e.